The van der Waals surface area contributed by atoms with Crippen LogP contribution in [-0.4, -0.2) is 28.3 Å². The first-order valence-electron chi connectivity index (χ1n) is 8.72. The van der Waals surface area contributed by atoms with Crippen molar-refractivity contribution in [2.45, 2.75) is 25.6 Å². The van der Waals surface area contributed by atoms with Crippen LogP contribution < -0.4 is 10.9 Å². The molecule has 1 aliphatic rings. The van der Waals surface area contributed by atoms with Gasteiger partial charge in [0.1, 0.15) is 17.3 Å². The van der Waals surface area contributed by atoms with Gasteiger partial charge in [0.25, 0.3) is 0 Å². The molecule has 4 rings (SSSR count). The molecule has 0 bridgehead atoms. The molecular formula is C19H22FN5O. The minimum atomic E-state index is -0.248. The van der Waals surface area contributed by atoms with Crippen LogP contribution in [0.5, 0.6) is 0 Å². The molecule has 2 N–H and O–H groups in total. The van der Waals surface area contributed by atoms with E-state index in [0.717, 1.165) is 48.8 Å². The molecule has 0 aliphatic carbocycles. The summed E-state index contributed by atoms with van der Waals surface area (Å²) in [5.41, 5.74) is 8.26. The van der Waals surface area contributed by atoms with Crippen LogP contribution in [0.25, 0.3) is 5.69 Å². The lowest BCUT2D eigenvalue weighted by atomic mass is 10.2. The highest BCUT2D eigenvalue weighted by atomic mass is 19.1. The number of hydrogen-bond donors (Lipinski definition) is 2. The Morgan fingerprint density at radius 2 is 2.08 bits per heavy atom. The fourth-order valence-corrected chi connectivity index (χ4v) is 3.17. The van der Waals surface area contributed by atoms with Crippen molar-refractivity contribution < 1.29 is 8.81 Å². The normalized spacial score (nSPS) is 17.3. The van der Waals surface area contributed by atoms with Crippen LogP contribution in [0.2, 0.25) is 0 Å². The molecule has 6 nitrogen and oxygen atoms in total. The number of hydrogen-bond acceptors (Lipinski definition) is 5. The predicted molar refractivity (Wildman–Crippen MR) is 95.9 cm³/mol. The van der Waals surface area contributed by atoms with Crippen molar-refractivity contribution in [3.05, 3.63) is 71.7 Å². The largest absolute Gasteiger partial charge is 0.463 e. The van der Waals surface area contributed by atoms with E-state index in [9.17, 15) is 4.39 Å². The fraction of sp³-hybridized carbons (Fsp3) is 0.316. The summed E-state index contributed by atoms with van der Waals surface area (Å²) in [4.78, 5) is 2.18. The van der Waals surface area contributed by atoms with Gasteiger partial charge in [0, 0.05) is 24.8 Å². The van der Waals surface area contributed by atoms with Gasteiger partial charge in [-0.2, -0.15) is 5.10 Å². The molecule has 1 aliphatic heterocycles. The lowest BCUT2D eigenvalue weighted by Crippen LogP contribution is -2.24. The number of nitrogens with zero attached hydrogens (tertiary/aromatic N) is 3. The Morgan fingerprint density at radius 1 is 1.23 bits per heavy atom. The van der Waals surface area contributed by atoms with Crippen molar-refractivity contribution >= 4 is 0 Å². The summed E-state index contributed by atoms with van der Waals surface area (Å²) in [6.07, 6.45) is 4.83. The summed E-state index contributed by atoms with van der Waals surface area (Å²) in [6, 6.07) is 10.6. The van der Waals surface area contributed by atoms with E-state index in [1.165, 1.54) is 12.1 Å². The monoisotopic (exact) mass is 355 g/mol. The zero-order chi connectivity index (χ0) is 17.9. The average Bonchev–Trinajstić information content (AvgIpc) is 3.36. The van der Waals surface area contributed by atoms with Crippen LogP contribution in [0.1, 0.15) is 29.5 Å². The van der Waals surface area contributed by atoms with Gasteiger partial charge < -0.3 is 4.42 Å². The van der Waals surface area contributed by atoms with Gasteiger partial charge in [0.05, 0.1) is 24.5 Å². The van der Waals surface area contributed by atoms with E-state index >= 15 is 0 Å². The second-order valence-corrected chi connectivity index (χ2v) is 6.66. The zero-order valence-corrected chi connectivity index (χ0v) is 14.7. The third-order valence-electron chi connectivity index (χ3n) is 4.47. The van der Waals surface area contributed by atoms with Gasteiger partial charge in [-0.05, 0) is 49.9 Å². The molecule has 2 aromatic heterocycles. The molecule has 1 unspecified atom stereocenters. The Balaban J connectivity index is 1.36. The zero-order valence-electron chi connectivity index (χ0n) is 14.7. The highest BCUT2D eigenvalue weighted by molar-refractivity contribution is 5.31. The maximum absolute atomic E-state index is 13.0. The minimum Gasteiger partial charge on any atom is -0.463 e. The van der Waals surface area contributed by atoms with E-state index < -0.39 is 0 Å². The van der Waals surface area contributed by atoms with Gasteiger partial charge in [-0.25, -0.2) is 14.5 Å². The summed E-state index contributed by atoms with van der Waals surface area (Å²) in [5.74, 6) is 1.67. The average molecular weight is 355 g/mol. The van der Waals surface area contributed by atoms with Crippen LogP contribution in [0.15, 0.2) is 53.2 Å². The van der Waals surface area contributed by atoms with E-state index in [2.05, 4.69) is 20.9 Å². The summed E-state index contributed by atoms with van der Waals surface area (Å²) in [6.45, 7) is 2.43. The standard InChI is InChI=1S/C19H22FN5O/c1-24(13-17-6-7-19(26-17)18-8-9-21-23-18)11-14-10-22-25(12-14)16-4-2-15(20)3-5-16/h2-7,10,12,18,21,23H,8-9,11,13H2,1H3. The molecule has 0 radical (unpaired) electrons. The molecule has 1 aromatic carbocycles. The highest BCUT2D eigenvalue weighted by Gasteiger charge is 2.19. The lowest BCUT2D eigenvalue weighted by Gasteiger charge is -2.14. The van der Waals surface area contributed by atoms with Gasteiger partial charge in [0.15, 0.2) is 0 Å². The third-order valence-corrected chi connectivity index (χ3v) is 4.47. The molecule has 26 heavy (non-hydrogen) atoms. The van der Waals surface area contributed by atoms with Crippen molar-refractivity contribution in [3.8, 4) is 5.69 Å². The van der Waals surface area contributed by atoms with Crippen molar-refractivity contribution in [2.24, 2.45) is 0 Å². The van der Waals surface area contributed by atoms with Gasteiger partial charge in [-0.1, -0.05) is 0 Å². The molecule has 1 saturated heterocycles. The second kappa shape index (κ2) is 7.41. The van der Waals surface area contributed by atoms with Crippen LogP contribution in [0, 0.1) is 5.82 Å². The molecule has 1 atom stereocenters. The molecule has 136 valence electrons. The van der Waals surface area contributed by atoms with Crippen LogP contribution in [0.4, 0.5) is 4.39 Å². The number of hydrazine groups is 1. The number of benzene rings is 1. The number of halogens is 1. The Bertz CT molecular complexity index is 851. The Hall–Kier alpha value is -2.48. The lowest BCUT2D eigenvalue weighted by molar-refractivity contribution is 0.279. The summed E-state index contributed by atoms with van der Waals surface area (Å²) >= 11 is 0. The van der Waals surface area contributed by atoms with E-state index in [1.807, 2.05) is 31.6 Å². The first kappa shape index (κ1) is 17.0. The Morgan fingerprint density at radius 3 is 2.85 bits per heavy atom. The second-order valence-electron chi connectivity index (χ2n) is 6.66. The molecule has 0 amide bonds. The van der Waals surface area contributed by atoms with E-state index in [1.54, 1.807) is 16.8 Å². The van der Waals surface area contributed by atoms with Gasteiger partial charge in [0.2, 0.25) is 0 Å². The molecule has 3 aromatic rings. The first-order chi connectivity index (χ1) is 12.7. The van der Waals surface area contributed by atoms with E-state index in [4.69, 9.17) is 4.42 Å². The van der Waals surface area contributed by atoms with Crippen molar-refractivity contribution in [1.29, 1.82) is 0 Å². The number of aromatic nitrogens is 2. The van der Waals surface area contributed by atoms with Gasteiger partial charge in [-0.3, -0.25) is 10.3 Å². The number of nitrogens with one attached hydrogen (secondary N) is 2. The SMILES string of the molecule is CN(Cc1cnn(-c2ccc(F)cc2)c1)Cc1ccc(C2CCNN2)o1. The van der Waals surface area contributed by atoms with Crippen molar-refractivity contribution in [1.82, 2.24) is 25.5 Å². The third kappa shape index (κ3) is 3.85. The minimum absolute atomic E-state index is 0.248. The van der Waals surface area contributed by atoms with Crippen LogP contribution in [-0.2, 0) is 13.1 Å². The maximum atomic E-state index is 13.0. The van der Waals surface area contributed by atoms with Crippen LogP contribution >= 0.6 is 0 Å². The van der Waals surface area contributed by atoms with Crippen molar-refractivity contribution in [2.75, 3.05) is 13.6 Å². The molecule has 0 saturated carbocycles. The van der Waals surface area contributed by atoms with E-state index in [0.29, 0.717) is 0 Å². The number of rotatable bonds is 6. The Labute approximate surface area is 151 Å². The number of furan rings is 1. The fourth-order valence-electron chi connectivity index (χ4n) is 3.17. The highest BCUT2D eigenvalue weighted by Crippen LogP contribution is 2.22. The summed E-state index contributed by atoms with van der Waals surface area (Å²) < 4.78 is 20.8. The topological polar surface area (TPSA) is 58.3 Å². The van der Waals surface area contributed by atoms with E-state index in [-0.39, 0.29) is 11.9 Å². The first-order valence-corrected chi connectivity index (χ1v) is 8.72. The molecule has 0 spiro atoms. The van der Waals surface area contributed by atoms with Gasteiger partial charge in [-0.15, -0.1) is 0 Å². The molecule has 3 heterocycles. The van der Waals surface area contributed by atoms with Crippen LogP contribution in [0.3, 0.4) is 0 Å². The summed E-state index contributed by atoms with van der Waals surface area (Å²) in [5, 5.41) is 4.36. The summed E-state index contributed by atoms with van der Waals surface area (Å²) in [7, 11) is 2.05. The molecule has 7 heteroatoms. The predicted octanol–water partition coefficient (Wildman–Crippen LogP) is 2.78. The maximum Gasteiger partial charge on any atom is 0.123 e. The molecular weight excluding hydrogens is 333 g/mol. The van der Waals surface area contributed by atoms with Gasteiger partial charge >= 0.3 is 0 Å². The quantitative estimate of drug-likeness (QED) is 0.712. The smallest absolute Gasteiger partial charge is 0.123 e. The van der Waals surface area contributed by atoms with Crippen molar-refractivity contribution in [3.63, 3.8) is 0 Å². The Kier molecular flexibility index (Phi) is 4.83. The molecule has 1 fully saturated rings.